The van der Waals surface area contributed by atoms with Crippen molar-refractivity contribution in [2.24, 2.45) is 5.92 Å². The second kappa shape index (κ2) is 6.16. The molecule has 0 radical (unpaired) electrons. The third-order valence-corrected chi connectivity index (χ3v) is 6.02. The first-order valence-electron chi connectivity index (χ1n) is 9.44. The van der Waals surface area contributed by atoms with E-state index in [1.807, 2.05) is 29.2 Å². The smallest absolute Gasteiger partial charge is 0.259 e. The second-order valence-electron chi connectivity index (χ2n) is 7.58. The van der Waals surface area contributed by atoms with Crippen LogP contribution in [0.4, 0.5) is 5.69 Å². The van der Waals surface area contributed by atoms with E-state index in [9.17, 15) is 14.7 Å². The summed E-state index contributed by atoms with van der Waals surface area (Å²) in [5.74, 6) is 0.190. The fourth-order valence-corrected chi connectivity index (χ4v) is 4.57. The average Bonchev–Trinajstić information content (AvgIpc) is 3.54. The monoisotopic (exact) mass is 363 g/mol. The number of aliphatic hydroxyl groups excluding tert-OH is 1. The summed E-state index contributed by atoms with van der Waals surface area (Å²) in [4.78, 5) is 33.6. The number of amides is 2. The third-order valence-electron chi connectivity index (χ3n) is 6.02. The lowest BCUT2D eigenvalue weighted by Gasteiger charge is -2.59. The number of fused-ring (bicyclic) bond motifs is 3. The lowest BCUT2D eigenvalue weighted by Crippen LogP contribution is -2.71. The van der Waals surface area contributed by atoms with E-state index in [0.29, 0.717) is 12.1 Å². The average molecular weight is 363 g/mol. The molecular weight excluding hydrogens is 342 g/mol. The molecule has 27 heavy (non-hydrogen) atoms. The van der Waals surface area contributed by atoms with Gasteiger partial charge in [0, 0.05) is 36.5 Å². The number of nitrogens with zero attached hydrogens (tertiary/aromatic N) is 3. The van der Waals surface area contributed by atoms with Gasteiger partial charge in [-0.2, -0.15) is 0 Å². The van der Waals surface area contributed by atoms with Gasteiger partial charge in [0.05, 0.1) is 24.3 Å². The lowest BCUT2D eigenvalue weighted by molar-refractivity contribution is -0.151. The van der Waals surface area contributed by atoms with Gasteiger partial charge in [-0.05, 0) is 36.6 Å². The maximum absolute atomic E-state index is 13.1. The Morgan fingerprint density at radius 3 is 2.67 bits per heavy atom. The zero-order chi connectivity index (χ0) is 18.5. The zero-order valence-electron chi connectivity index (χ0n) is 14.9. The van der Waals surface area contributed by atoms with Crippen LogP contribution >= 0.6 is 0 Å². The Kier molecular flexibility index (Phi) is 3.75. The second-order valence-corrected chi connectivity index (χ2v) is 7.58. The van der Waals surface area contributed by atoms with Crippen LogP contribution in [0.5, 0.6) is 0 Å². The van der Waals surface area contributed by atoms with Gasteiger partial charge < -0.3 is 14.9 Å². The molecule has 5 rings (SSSR count). The molecule has 138 valence electrons. The van der Waals surface area contributed by atoms with Gasteiger partial charge in [0.15, 0.2) is 0 Å². The van der Waals surface area contributed by atoms with E-state index < -0.39 is 0 Å². The van der Waals surface area contributed by atoms with Crippen LogP contribution in [0.1, 0.15) is 34.7 Å². The number of aromatic nitrogens is 1. The number of pyridine rings is 1. The first-order valence-corrected chi connectivity index (χ1v) is 9.44. The van der Waals surface area contributed by atoms with E-state index in [1.165, 1.54) is 0 Å². The van der Waals surface area contributed by atoms with Gasteiger partial charge in [-0.1, -0.05) is 18.2 Å². The summed E-state index contributed by atoms with van der Waals surface area (Å²) in [5, 5.41) is 9.94. The number of hydrogen-bond donors (Lipinski definition) is 1. The van der Waals surface area contributed by atoms with E-state index in [-0.39, 0.29) is 42.3 Å². The van der Waals surface area contributed by atoms with Crippen LogP contribution in [0.2, 0.25) is 0 Å². The maximum atomic E-state index is 13.1. The molecule has 3 heterocycles. The van der Waals surface area contributed by atoms with Gasteiger partial charge in [-0.3, -0.25) is 14.6 Å². The van der Waals surface area contributed by atoms with E-state index in [2.05, 4.69) is 4.98 Å². The topological polar surface area (TPSA) is 73.7 Å². The summed E-state index contributed by atoms with van der Waals surface area (Å²) < 4.78 is 0. The van der Waals surface area contributed by atoms with Crippen molar-refractivity contribution in [3.05, 3.63) is 59.9 Å². The molecular formula is C21H21N3O3. The Labute approximate surface area is 157 Å². The van der Waals surface area contributed by atoms with Crippen LogP contribution in [0, 0.1) is 5.92 Å². The number of para-hydroxylation sites is 1. The summed E-state index contributed by atoms with van der Waals surface area (Å²) in [6.45, 7) is 0.398. The summed E-state index contributed by atoms with van der Waals surface area (Å²) >= 11 is 0. The Balaban J connectivity index is 1.53. The number of anilines is 1. The largest absolute Gasteiger partial charge is 0.394 e. The molecule has 3 aliphatic rings. The van der Waals surface area contributed by atoms with Gasteiger partial charge in [0.2, 0.25) is 5.91 Å². The minimum Gasteiger partial charge on any atom is -0.394 e. The highest BCUT2D eigenvalue weighted by molar-refractivity contribution is 6.07. The van der Waals surface area contributed by atoms with Crippen molar-refractivity contribution in [1.82, 2.24) is 9.88 Å². The van der Waals surface area contributed by atoms with E-state index in [4.69, 9.17) is 0 Å². The molecule has 1 aliphatic carbocycles. The minimum absolute atomic E-state index is 0.0511. The molecule has 6 heteroatoms. The van der Waals surface area contributed by atoms with Crippen molar-refractivity contribution < 1.29 is 14.7 Å². The Morgan fingerprint density at radius 2 is 1.96 bits per heavy atom. The van der Waals surface area contributed by atoms with Crippen LogP contribution in [0.3, 0.4) is 0 Å². The van der Waals surface area contributed by atoms with E-state index in [1.54, 1.807) is 29.4 Å². The summed E-state index contributed by atoms with van der Waals surface area (Å²) in [7, 11) is 0. The van der Waals surface area contributed by atoms with Gasteiger partial charge in [0.1, 0.15) is 0 Å². The highest BCUT2D eigenvalue weighted by Crippen LogP contribution is 2.50. The molecule has 2 aliphatic heterocycles. The van der Waals surface area contributed by atoms with Crippen molar-refractivity contribution in [3.8, 4) is 0 Å². The fraction of sp³-hybridized carbons (Fsp3) is 0.381. The quantitative estimate of drug-likeness (QED) is 0.903. The lowest BCUT2D eigenvalue weighted by atomic mass is 9.71. The first-order chi connectivity index (χ1) is 13.2. The Hall–Kier alpha value is -2.73. The Bertz CT molecular complexity index is 897. The predicted molar refractivity (Wildman–Crippen MR) is 99.3 cm³/mol. The molecule has 2 amide bonds. The minimum atomic E-state index is -0.195. The van der Waals surface area contributed by atoms with Crippen molar-refractivity contribution in [3.63, 3.8) is 0 Å². The van der Waals surface area contributed by atoms with Gasteiger partial charge in [0.25, 0.3) is 5.91 Å². The molecule has 6 nitrogen and oxygen atoms in total. The number of rotatable bonds is 3. The molecule has 3 atom stereocenters. The normalized spacial score (nSPS) is 26.0. The third kappa shape index (κ3) is 2.47. The van der Waals surface area contributed by atoms with Crippen LogP contribution in [0.25, 0.3) is 0 Å². The molecule has 0 bridgehead atoms. The summed E-state index contributed by atoms with van der Waals surface area (Å²) in [6.07, 6.45) is 5.08. The molecule has 1 aromatic heterocycles. The summed E-state index contributed by atoms with van der Waals surface area (Å²) in [5.41, 5.74) is 2.43. The number of benzene rings is 1. The molecule has 0 unspecified atom stereocenters. The molecule has 1 N–H and O–H groups in total. The number of aliphatic hydroxyl groups is 1. The van der Waals surface area contributed by atoms with Crippen LogP contribution < -0.4 is 4.90 Å². The molecule has 2 aromatic rings. The van der Waals surface area contributed by atoms with Crippen LogP contribution in [0.15, 0.2) is 48.8 Å². The molecule has 1 saturated heterocycles. The van der Waals surface area contributed by atoms with Gasteiger partial charge in [-0.15, -0.1) is 0 Å². The van der Waals surface area contributed by atoms with Gasteiger partial charge >= 0.3 is 0 Å². The standard InChI is InChI=1S/C21H21N3O3/c25-12-18-19-15-5-1-2-6-16(15)23(20(26)14-4-3-9-22-10-14)11-17(19)24(18)21(27)13-7-8-13/h1-6,9-10,13,17-19,25H,7-8,11-12H2/t17-,18+,19+/m1/s1. The van der Waals surface area contributed by atoms with Crippen molar-refractivity contribution >= 4 is 17.5 Å². The highest BCUT2D eigenvalue weighted by Gasteiger charge is 2.56. The number of carbonyl (C=O) groups is 2. The van der Waals surface area contributed by atoms with E-state index >= 15 is 0 Å². The van der Waals surface area contributed by atoms with Gasteiger partial charge in [-0.25, -0.2) is 0 Å². The number of likely N-dealkylation sites (tertiary alicyclic amines) is 1. The first kappa shape index (κ1) is 16.4. The summed E-state index contributed by atoms with van der Waals surface area (Å²) in [6, 6.07) is 11.1. The zero-order valence-corrected chi connectivity index (χ0v) is 14.9. The number of carbonyl (C=O) groups excluding carboxylic acids is 2. The molecule has 2 fully saturated rings. The van der Waals surface area contributed by atoms with E-state index in [0.717, 1.165) is 24.1 Å². The SMILES string of the molecule is O=C(c1cccnc1)N1C[C@@H]2[C@H](c3ccccc31)[C@H](CO)N2C(=O)C1CC1. The maximum Gasteiger partial charge on any atom is 0.259 e. The van der Waals surface area contributed by atoms with Crippen molar-refractivity contribution in [2.75, 3.05) is 18.1 Å². The molecule has 0 spiro atoms. The Morgan fingerprint density at radius 1 is 1.15 bits per heavy atom. The van der Waals surface area contributed by atoms with Crippen LogP contribution in [-0.4, -0.2) is 52.0 Å². The van der Waals surface area contributed by atoms with Crippen molar-refractivity contribution in [2.45, 2.75) is 30.8 Å². The highest BCUT2D eigenvalue weighted by atomic mass is 16.3. The fourth-order valence-electron chi connectivity index (χ4n) is 4.57. The van der Waals surface area contributed by atoms with Crippen molar-refractivity contribution in [1.29, 1.82) is 0 Å². The van der Waals surface area contributed by atoms with Crippen LogP contribution in [-0.2, 0) is 4.79 Å². The molecule has 1 aromatic carbocycles. The molecule has 1 saturated carbocycles. The number of hydrogen-bond acceptors (Lipinski definition) is 4. The predicted octanol–water partition coefficient (Wildman–Crippen LogP) is 1.81.